The maximum absolute atomic E-state index is 3.55. The Kier molecular flexibility index (Phi) is 5.01. The van der Waals surface area contributed by atoms with Crippen LogP contribution in [0.2, 0.25) is 0 Å². The largest absolute Gasteiger partial charge is 0.356 e. The van der Waals surface area contributed by atoms with Crippen LogP contribution in [0.25, 0.3) is 39.1 Å². The standard InChI is InChI=1S/C32H25N/c1-3-11-29-23(7-1)9-5-13-31(29)25-15-19-27(20-16-25)33-28-21-17-26(18-22-28)32-14-6-10-24-8-2-4-12-30(24)32/h1,3-7,9-22,33H,2,8H2. The molecule has 6 rings (SSSR count). The SMILES string of the molecule is C1=Cc2c(cccc2-c2ccc(Nc3ccc(-c4cccc5ccccc45)cc3)cc2)CC1. The summed E-state index contributed by atoms with van der Waals surface area (Å²) in [5.74, 6) is 0. The van der Waals surface area contributed by atoms with Crippen LogP contribution < -0.4 is 5.32 Å². The number of hydrogen-bond acceptors (Lipinski definition) is 1. The molecule has 0 spiro atoms. The summed E-state index contributed by atoms with van der Waals surface area (Å²) in [5.41, 5.74) is 10.1. The molecular weight excluding hydrogens is 398 g/mol. The molecule has 0 fully saturated rings. The summed E-state index contributed by atoms with van der Waals surface area (Å²) < 4.78 is 0. The van der Waals surface area contributed by atoms with Gasteiger partial charge in [-0.3, -0.25) is 0 Å². The highest BCUT2D eigenvalue weighted by molar-refractivity contribution is 5.96. The van der Waals surface area contributed by atoms with Crippen LogP contribution in [0.4, 0.5) is 11.4 Å². The van der Waals surface area contributed by atoms with Gasteiger partial charge in [0, 0.05) is 11.4 Å². The van der Waals surface area contributed by atoms with E-state index in [1.165, 1.54) is 44.2 Å². The van der Waals surface area contributed by atoms with Crippen LogP contribution in [-0.4, -0.2) is 0 Å². The third kappa shape index (κ3) is 3.83. The lowest BCUT2D eigenvalue weighted by atomic mass is 9.90. The van der Waals surface area contributed by atoms with Crippen molar-refractivity contribution in [2.45, 2.75) is 12.8 Å². The first-order valence-corrected chi connectivity index (χ1v) is 11.6. The molecule has 0 unspecified atom stereocenters. The summed E-state index contributed by atoms with van der Waals surface area (Å²) in [4.78, 5) is 0. The maximum Gasteiger partial charge on any atom is 0.0384 e. The van der Waals surface area contributed by atoms with E-state index in [2.05, 4.69) is 127 Å². The number of hydrogen-bond donors (Lipinski definition) is 1. The van der Waals surface area contributed by atoms with Gasteiger partial charge in [0.15, 0.2) is 0 Å². The Hall–Kier alpha value is -4.10. The van der Waals surface area contributed by atoms with E-state index in [1.54, 1.807) is 0 Å². The molecule has 0 amide bonds. The molecule has 0 saturated carbocycles. The third-order valence-electron chi connectivity index (χ3n) is 6.53. The van der Waals surface area contributed by atoms with Crippen molar-refractivity contribution >= 4 is 28.2 Å². The number of nitrogens with one attached hydrogen (secondary N) is 1. The summed E-state index contributed by atoms with van der Waals surface area (Å²) in [6.45, 7) is 0. The molecule has 1 N–H and O–H groups in total. The molecule has 5 aromatic rings. The van der Waals surface area contributed by atoms with Crippen molar-refractivity contribution in [2.75, 3.05) is 5.32 Å². The molecule has 1 nitrogen and oxygen atoms in total. The quantitative estimate of drug-likeness (QED) is 0.304. The van der Waals surface area contributed by atoms with Crippen LogP contribution in [0.15, 0.2) is 115 Å². The highest BCUT2D eigenvalue weighted by atomic mass is 14.9. The molecule has 0 saturated heterocycles. The van der Waals surface area contributed by atoms with Crippen molar-refractivity contribution in [2.24, 2.45) is 0 Å². The molecule has 1 aliphatic carbocycles. The van der Waals surface area contributed by atoms with E-state index in [0.717, 1.165) is 24.2 Å². The predicted octanol–water partition coefficient (Wildman–Crippen LogP) is 8.88. The van der Waals surface area contributed by atoms with Crippen molar-refractivity contribution in [3.05, 3.63) is 126 Å². The van der Waals surface area contributed by atoms with Gasteiger partial charge in [-0.1, -0.05) is 97.1 Å². The molecule has 5 aromatic carbocycles. The lowest BCUT2D eigenvalue weighted by molar-refractivity contribution is 0.986. The van der Waals surface area contributed by atoms with Crippen molar-refractivity contribution in [3.8, 4) is 22.3 Å². The second-order valence-corrected chi connectivity index (χ2v) is 8.63. The van der Waals surface area contributed by atoms with Crippen LogP contribution >= 0.6 is 0 Å². The molecule has 158 valence electrons. The second kappa shape index (κ2) is 8.44. The Morgan fingerprint density at radius 1 is 0.545 bits per heavy atom. The zero-order valence-corrected chi connectivity index (χ0v) is 18.5. The molecule has 0 bridgehead atoms. The number of rotatable bonds is 4. The summed E-state index contributed by atoms with van der Waals surface area (Å²) >= 11 is 0. The fourth-order valence-electron chi connectivity index (χ4n) is 4.83. The number of allylic oxidation sites excluding steroid dienone is 1. The summed E-state index contributed by atoms with van der Waals surface area (Å²) in [6.07, 6.45) is 6.83. The molecule has 0 radical (unpaired) electrons. The van der Waals surface area contributed by atoms with Crippen LogP contribution in [0.3, 0.4) is 0 Å². The second-order valence-electron chi connectivity index (χ2n) is 8.63. The van der Waals surface area contributed by atoms with Crippen molar-refractivity contribution in [3.63, 3.8) is 0 Å². The van der Waals surface area contributed by atoms with Gasteiger partial charge in [0.25, 0.3) is 0 Å². The van der Waals surface area contributed by atoms with E-state index in [-0.39, 0.29) is 0 Å². The van der Waals surface area contributed by atoms with Crippen molar-refractivity contribution in [1.29, 1.82) is 0 Å². The van der Waals surface area contributed by atoms with Gasteiger partial charge in [-0.2, -0.15) is 0 Å². The smallest absolute Gasteiger partial charge is 0.0384 e. The lowest BCUT2D eigenvalue weighted by Gasteiger charge is -2.15. The van der Waals surface area contributed by atoms with E-state index < -0.39 is 0 Å². The highest BCUT2D eigenvalue weighted by Gasteiger charge is 2.10. The number of aryl methyl sites for hydroxylation is 1. The average Bonchev–Trinajstić information content (AvgIpc) is 2.89. The summed E-state index contributed by atoms with van der Waals surface area (Å²) in [7, 11) is 0. The number of benzene rings is 5. The van der Waals surface area contributed by atoms with Crippen molar-refractivity contribution < 1.29 is 0 Å². The van der Waals surface area contributed by atoms with Gasteiger partial charge in [0.1, 0.15) is 0 Å². The van der Waals surface area contributed by atoms with Crippen LogP contribution in [0, 0.1) is 0 Å². The predicted molar refractivity (Wildman–Crippen MR) is 142 cm³/mol. The van der Waals surface area contributed by atoms with Gasteiger partial charge >= 0.3 is 0 Å². The van der Waals surface area contributed by atoms with E-state index in [9.17, 15) is 0 Å². The normalized spacial score (nSPS) is 12.5. The molecule has 0 atom stereocenters. The van der Waals surface area contributed by atoms with Gasteiger partial charge in [-0.25, -0.2) is 0 Å². The fourth-order valence-corrected chi connectivity index (χ4v) is 4.83. The molecule has 0 aliphatic heterocycles. The molecule has 0 heterocycles. The zero-order chi connectivity index (χ0) is 22.0. The first-order chi connectivity index (χ1) is 16.3. The summed E-state index contributed by atoms with van der Waals surface area (Å²) in [5, 5.41) is 6.10. The Labute approximate surface area is 195 Å². The van der Waals surface area contributed by atoms with Gasteiger partial charge in [0.2, 0.25) is 0 Å². The molecule has 33 heavy (non-hydrogen) atoms. The van der Waals surface area contributed by atoms with Crippen LogP contribution in [-0.2, 0) is 6.42 Å². The number of fused-ring (bicyclic) bond motifs is 2. The minimum absolute atomic E-state index is 1.09. The average molecular weight is 424 g/mol. The first-order valence-electron chi connectivity index (χ1n) is 11.6. The van der Waals surface area contributed by atoms with Crippen molar-refractivity contribution in [1.82, 2.24) is 0 Å². The first kappa shape index (κ1) is 19.6. The topological polar surface area (TPSA) is 12.0 Å². The Morgan fingerprint density at radius 3 is 1.97 bits per heavy atom. The van der Waals surface area contributed by atoms with Gasteiger partial charge in [-0.15, -0.1) is 0 Å². The maximum atomic E-state index is 3.55. The fraction of sp³-hybridized carbons (Fsp3) is 0.0625. The molecular formula is C32H25N. The highest BCUT2D eigenvalue weighted by Crippen LogP contribution is 2.33. The monoisotopic (exact) mass is 423 g/mol. The molecule has 0 aromatic heterocycles. The van der Waals surface area contributed by atoms with Gasteiger partial charge < -0.3 is 5.32 Å². The van der Waals surface area contributed by atoms with Crippen LogP contribution in [0.1, 0.15) is 17.5 Å². The summed E-state index contributed by atoms with van der Waals surface area (Å²) in [6, 6.07) is 39.2. The zero-order valence-electron chi connectivity index (χ0n) is 18.5. The number of anilines is 2. The van der Waals surface area contributed by atoms with E-state index in [1.807, 2.05) is 0 Å². The Bertz CT molecular complexity index is 1450. The Morgan fingerprint density at radius 2 is 1.18 bits per heavy atom. The third-order valence-corrected chi connectivity index (χ3v) is 6.53. The van der Waals surface area contributed by atoms with E-state index in [0.29, 0.717) is 0 Å². The van der Waals surface area contributed by atoms with Gasteiger partial charge in [-0.05, 0) is 81.3 Å². The van der Waals surface area contributed by atoms with E-state index >= 15 is 0 Å². The molecule has 1 aliphatic rings. The van der Waals surface area contributed by atoms with E-state index in [4.69, 9.17) is 0 Å². The minimum Gasteiger partial charge on any atom is -0.356 e. The van der Waals surface area contributed by atoms with Gasteiger partial charge in [0.05, 0.1) is 0 Å². The Balaban J connectivity index is 1.23. The minimum atomic E-state index is 1.09. The van der Waals surface area contributed by atoms with Crippen LogP contribution in [0.5, 0.6) is 0 Å². The molecule has 1 heteroatoms. The lowest BCUT2D eigenvalue weighted by Crippen LogP contribution is -1.96.